The lowest BCUT2D eigenvalue weighted by Crippen LogP contribution is -2.15. The van der Waals surface area contributed by atoms with E-state index in [1.807, 2.05) is 48.5 Å². The third kappa shape index (κ3) is 5.09. The van der Waals surface area contributed by atoms with Crippen LogP contribution in [-0.4, -0.2) is 38.0 Å². The minimum absolute atomic E-state index is 0.235. The first-order chi connectivity index (χ1) is 15.1. The number of nitrogens with one attached hydrogen (secondary N) is 1. The van der Waals surface area contributed by atoms with Gasteiger partial charge in [-0.05, 0) is 48.5 Å². The number of amides is 1. The lowest BCUT2D eigenvalue weighted by molar-refractivity contribution is 0.102. The summed E-state index contributed by atoms with van der Waals surface area (Å²) in [6.45, 7) is 0. The van der Waals surface area contributed by atoms with Gasteiger partial charge in [0.05, 0.1) is 18.5 Å². The molecule has 4 rings (SSSR count). The second-order valence-corrected chi connectivity index (χ2v) is 8.14. The van der Waals surface area contributed by atoms with Crippen molar-refractivity contribution in [1.82, 2.24) is 25.0 Å². The van der Waals surface area contributed by atoms with Crippen LogP contribution in [0.25, 0.3) is 5.69 Å². The number of thioether (sulfide) groups is 1. The number of anilines is 1. The molecule has 156 valence electrons. The summed E-state index contributed by atoms with van der Waals surface area (Å²) in [6.07, 6.45) is 3.35. The van der Waals surface area contributed by atoms with Gasteiger partial charge < -0.3 is 10.1 Å². The van der Waals surface area contributed by atoms with E-state index in [-0.39, 0.29) is 11.6 Å². The Bertz CT molecular complexity index is 1180. The van der Waals surface area contributed by atoms with E-state index in [2.05, 4.69) is 41.5 Å². The molecule has 0 spiro atoms. The van der Waals surface area contributed by atoms with Crippen molar-refractivity contribution in [3.05, 3.63) is 82.9 Å². The Balaban J connectivity index is 1.66. The zero-order chi connectivity index (χ0) is 21.6. The fourth-order valence-corrected chi connectivity index (χ4v) is 3.98. The zero-order valence-corrected chi connectivity index (χ0v) is 18.8. The molecule has 0 aliphatic heterocycles. The smallest absolute Gasteiger partial charge is 0.278 e. The first-order valence-electron chi connectivity index (χ1n) is 9.20. The summed E-state index contributed by atoms with van der Waals surface area (Å²) >= 11 is 4.81. The highest BCUT2D eigenvalue weighted by Gasteiger charge is 2.21. The predicted octanol–water partition coefficient (Wildman–Crippen LogP) is 4.37. The monoisotopic (exact) mass is 496 g/mol. The molecule has 31 heavy (non-hydrogen) atoms. The molecule has 0 fully saturated rings. The Morgan fingerprint density at radius 1 is 1.13 bits per heavy atom. The summed E-state index contributed by atoms with van der Waals surface area (Å²) in [5, 5.41) is 11.9. The Morgan fingerprint density at radius 2 is 1.90 bits per heavy atom. The molecule has 0 aliphatic carbocycles. The molecule has 4 aromatic rings. The molecule has 2 aromatic heterocycles. The van der Waals surface area contributed by atoms with Gasteiger partial charge in [-0.3, -0.25) is 4.79 Å². The molecule has 0 unspecified atom stereocenters. The van der Waals surface area contributed by atoms with Crippen LogP contribution in [-0.2, 0) is 5.75 Å². The summed E-state index contributed by atoms with van der Waals surface area (Å²) < 4.78 is 7.74. The third-order valence-corrected chi connectivity index (χ3v) is 5.64. The largest absolute Gasteiger partial charge is 0.497 e. The molecule has 1 N–H and O–H groups in total. The molecule has 2 heterocycles. The fraction of sp³-hybridized carbons (Fsp3) is 0.0952. The van der Waals surface area contributed by atoms with Crippen LogP contribution < -0.4 is 10.1 Å². The quantitative estimate of drug-likeness (QED) is 0.299. The SMILES string of the molecule is COc1ccc(-n2nnc(C(=O)Nc3cccc(Br)c3)c2CSc2ncccn2)cc1. The van der Waals surface area contributed by atoms with Crippen molar-refractivity contribution >= 4 is 39.3 Å². The van der Waals surface area contributed by atoms with E-state index in [0.29, 0.717) is 22.3 Å². The van der Waals surface area contributed by atoms with Gasteiger partial charge in [0, 0.05) is 28.3 Å². The number of benzene rings is 2. The average molecular weight is 497 g/mol. The van der Waals surface area contributed by atoms with Crippen molar-refractivity contribution < 1.29 is 9.53 Å². The van der Waals surface area contributed by atoms with E-state index in [0.717, 1.165) is 15.9 Å². The maximum Gasteiger partial charge on any atom is 0.278 e. The highest BCUT2D eigenvalue weighted by Crippen LogP contribution is 2.25. The molecule has 0 aliphatic rings. The molecule has 0 radical (unpaired) electrons. The molecule has 10 heteroatoms. The van der Waals surface area contributed by atoms with Gasteiger partial charge in [0.15, 0.2) is 10.9 Å². The minimum atomic E-state index is -0.345. The maximum atomic E-state index is 13.0. The summed E-state index contributed by atoms with van der Waals surface area (Å²) in [6, 6.07) is 16.5. The Hall–Kier alpha value is -3.24. The average Bonchev–Trinajstić information content (AvgIpc) is 3.22. The molecule has 1 amide bonds. The predicted molar refractivity (Wildman–Crippen MR) is 122 cm³/mol. The molecule has 0 saturated carbocycles. The number of hydrogen-bond acceptors (Lipinski definition) is 7. The van der Waals surface area contributed by atoms with Crippen LogP contribution in [0.3, 0.4) is 0 Å². The number of aromatic nitrogens is 5. The van der Waals surface area contributed by atoms with E-state index in [9.17, 15) is 4.79 Å². The van der Waals surface area contributed by atoms with Gasteiger partial charge in [-0.25, -0.2) is 14.6 Å². The van der Waals surface area contributed by atoms with Gasteiger partial charge in [0.25, 0.3) is 5.91 Å². The van der Waals surface area contributed by atoms with Crippen molar-refractivity contribution in [2.75, 3.05) is 12.4 Å². The maximum absolute atomic E-state index is 13.0. The van der Waals surface area contributed by atoms with Gasteiger partial charge in [-0.15, -0.1) is 5.10 Å². The van der Waals surface area contributed by atoms with Gasteiger partial charge in [0.2, 0.25) is 0 Å². The van der Waals surface area contributed by atoms with Crippen molar-refractivity contribution in [3.63, 3.8) is 0 Å². The van der Waals surface area contributed by atoms with E-state index < -0.39 is 0 Å². The Morgan fingerprint density at radius 3 is 2.61 bits per heavy atom. The fourth-order valence-electron chi connectivity index (χ4n) is 2.79. The molecule has 8 nitrogen and oxygen atoms in total. The first kappa shape index (κ1) is 21.0. The Kier molecular flexibility index (Phi) is 6.58. The van der Waals surface area contributed by atoms with Crippen LogP contribution in [0.1, 0.15) is 16.2 Å². The topological polar surface area (TPSA) is 94.8 Å². The van der Waals surface area contributed by atoms with Crippen molar-refractivity contribution in [2.45, 2.75) is 10.9 Å². The molecule has 2 aromatic carbocycles. The molecule has 0 saturated heterocycles. The van der Waals surface area contributed by atoms with Crippen LogP contribution in [0.4, 0.5) is 5.69 Å². The number of ether oxygens (including phenoxy) is 1. The van der Waals surface area contributed by atoms with E-state index >= 15 is 0 Å². The first-order valence-corrected chi connectivity index (χ1v) is 11.0. The second kappa shape index (κ2) is 9.71. The van der Waals surface area contributed by atoms with Gasteiger partial charge >= 0.3 is 0 Å². The summed E-state index contributed by atoms with van der Waals surface area (Å²) in [4.78, 5) is 21.5. The Labute approximate surface area is 191 Å². The van der Waals surface area contributed by atoms with Crippen LogP contribution in [0, 0.1) is 0 Å². The lowest BCUT2D eigenvalue weighted by Gasteiger charge is -2.09. The summed E-state index contributed by atoms with van der Waals surface area (Å²) in [5.41, 5.74) is 2.29. The number of carbonyl (C=O) groups excluding carboxylic acids is 1. The number of halogens is 1. The number of rotatable bonds is 7. The van der Waals surface area contributed by atoms with E-state index in [1.54, 1.807) is 30.3 Å². The van der Waals surface area contributed by atoms with Crippen LogP contribution in [0.15, 0.2) is 76.6 Å². The van der Waals surface area contributed by atoms with Crippen molar-refractivity contribution in [3.8, 4) is 11.4 Å². The highest BCUT2D eigenvalue weighted by molar-refractivity contribution is 9.10. The molecular formula is C21H17BrN6O2S. The van der Waals surface area contributed by atoms with Crippen molar-refractivity contribution in [1.29, 1.82) is 0 Å². The van der Waals surface area contributed by atoms with Crippen LogP contribution in [0.2, 0.25) is 0 Å². The number of carbonyl (C=O) groups is 1. The highest BCUT2D eigenvalue weighted by atomic mass is 79.9. The third-order valence-electron chi connectivity index (χ3n) is 4.26. The molecule has 0 bridgehead atoms. The van der Waals surface area contributed by atoms with E-state index in [1.165, 1.54) is 11.8 Å². The zero-order valence-electron chi connectivity index (χ0n) is 16.4. The molecule has 0 atom stereocenters. The van der Waals surface area contributed by atoms with Gasteiger partial charge in [-0.1, -0.05) is 39.0 Å². The van der Waals surface area contributed by atoms with Crippen molar-refractivity contribution in [2.24, 2.45) is 0 Å². The second-order valence-electron chi connectivity index (χ2n) is 6.28. The normalized spacial score (nSPS) is 10.6. The van der Waals surface area contributed by atoms with E-state index in [4.69, 9.17) is 4.74 Å². The van der Waals surface area contributed by atoms with Gasteiger partial charge in [0.1, 0.15) is 5.75 Å². The van der Waals surface area contributed by atoms with Crippen LogP contribution in [0.5, 0.6) is 5.75 Å². The van der Waals surface area contributed by atoms with Gasteiger partial charge in [-0.2, -0.15) is 0 Å². The summed E-state index contributed by atoms with van der Waals surface area (Å²) in [5.74, 6) is 0.789. The number of nitrogens with zero attached hydrogens (tertiary/aromatic N) is 5. The number of methoxy groups -OCH3 is 1. The van der Waals surface area contributed by atoms with Crippen LogP contribution >= 0.6 is 27.7 Å². The summed E-state index contributed by atoms with van der Waals surface area (Å²) in [7, 11) is 1.61. The minimum Gasteiger partial charge on any atom is -0.497 e. The number of hydrogen-bond donors (Lipinski definition) is 1. The standard InChI is InChI=1S/C21H17BrN6O2S/c1-30-17-8-6-16(7-9-17)28-18(13-31-21-23-10-3-11-24-21)19(26-27-28)20(29)25-15-5-2-4-14(22)12-15/h2-12H,13H2,1H3,(H,25,29). The molecular weight excluding hydrogens is 480 g/mol. The lowest BCUT2D eigenvalue weighted by atomic mass is 10.2.